The van der Waals surface area contributed by atoms with Gasteiger partial charge in [0.25, 0.3) is 0 Å². The number of carbonyl (C=O) groups excluding carboxylic acids is 2. The summed E-state index contributed by atoms with van der Waals surface area (Å²) in [6, 6.07) is -0.981. The predicted molar refractivity (Wildman–Crippen MR) is 66.4 cm³/mol. The van der Waals surface area contributed by atoms with Crippen molar-refractivity contribution in [2.24, 2.45) is 0 Å². The Morgan fingerprint density at radius 3 is 2.86 bits per heavy atom. The Morgan fingerprint density at radius 2 is 2.24 bits per heavy atom. The maximum Gasteiger partial charge on any atom is 0.406 e. The van der Waals surface area contributed by atoms with Crippen LogP contribution in [0.15, 0.2) is 0 Å². The monoisotopic (exact) mass is 309 g/mol. The van der Waals surface area contributed by atoms with Crippen LogP contribution >= 0.6 is 0 Å². The van der Waals surface area contributed by atoms with Gasteiger partial charge < -0.3 is 20.3 Å². The van der Waals surface area contributed by atoms with E-state index in [2.05, 4.69) is 10.6 Å². The lowest BCUT2D eigenvalue weighted by molar-refractivity contribution is -0.158. The van der Waals surface area contributed by atoms with E-state index in [1.807, 2.05) is 0 Å². The molecular weight excluding hydrogens is 291 g/mol. The molecule has 9 heteroatoms. The highest BCUT2D eigenvalue weighted by Crippen LogP contribution is 2.20. The number of ether oxygens (including phenoxy) is 1. The lowest BCUT2D eigenvalue weighted by atomic mass is 10.1. The van der Waals surface area contributed by atoms with Gasteiger partial charge in [0.05, 0.1) is 13.2 Å². The SMILES string of the molecule is O=C(CC1COCCN1)NC1CCN(CC(F)(F)F)C1=O. The number of carbonyl (C=O) groups is 2. The van der Waals surface area contributed by atoms with E-state index in [0.717, 1.165) is 4.90 Å². The van der Waals surface area contributed by atoms with E-state index < -0.39 is 24.7 Å². The number of nitrogens with zero attached hydrogens (tertiary/aromatic N) is 1. The topological polar surface area (TPSA) is 70.7 Å². The smallest absolute Gasteiger partial charge is 0.378 e. The summed E-state index contributed by atoms with van der Waals surface area (Å²) in [6.07, 6.45) is -4.07. The van der Waals surface area contributed by atoms with E-state index in [-0.39, 0.29) is 31.3 Å². The molecule has 0 bridgehead atoms. The van der Waals surface area contributed by atoms with Crippen molar-refractivity contribution in [3.05, 3.63) is 0 Å². The number of halogens is 3. The molecule has 2 saturated heterocycles. The van der Waals surface area contributed by atoms with Crippen LogP contribution in [0.5, 0.6) is 0 Å². The molecule has 0 aromatic heterocycles. The first-order valence-corrected chi connectivity index (χ1v) is 6.81. The summed E-state index contributed by atoms with van der Waals surface area (Å²) < 4.78 is 42.0. The average molecular weight is 309 g/mol. The molecule has 0 spiro atoms. The van der Waals surface area contributed by atoms with Crippen molar-refractivity contribution in [3.8, 4) is 0 Å². The first-order valence-electron chi connectivity index (χ1n) is 6.81. The Kier molecular flexibility index (Phi) is 5.04. The molecular formula is C12H18F3N3O3. The molecule has 2 heterocycles. The van der Waals surface area contributed by atoms with E-state index in [4.69, 9.17) is 4.74 Å². The zero-order chi connectivity index (χ0) is 15.5. The number of rotatable bonds is 4. The lowest BCUT2D eigenvalue weighted by Gasteiger charge is -2.24. The number of morpholine rings is 1. The molecule has 2 atom stereocenters. The van der Waals surface area contributed by atoms with E-state index >= 15 is 0 Å². The largest absolute Gasteiger partial charge is 0.406 e. The summed E-state index contributed by atoms with van der Waals surface area (Å²) in [6.45, 7) is 0.391. The minimum Gasteiger partial charge on any atom is -0.378 e. The van der Waals surface area contributed by atoms with Gasteiger partial charge in [0, 0.05) is 25.6 Å². The first kappa shape index (κ1) is 16.0. The van der Waals surface area contributed by atoms with Crippen molar-refractivity contribution in [3.63, 3.8) is 0 Å². The predicted octanol–water partition coefficient (Wildman–Crippen LogP) is -0.356. The molecule has 0 saturated carbocycles. The van der Waals surface area contributed by atoms with Gasteiger partial charge in [-0.25, -0.2) is 0 Å². The normalized spacial score (nSPS) is 27.0. The summed E-state index contributed by atoms with van der Waals surface area (Å²) in [5.41, 5.74) is 0. The standard InChI is InChI=1S/C12H18F3N3O3/c13-12(14,15)7-18-3-1-9(11(18)20)17-10(19)5-8-6-21-4-2-16-8/h8-9,16H,1-7H2,(H,17,19). The summed E-state index contributed by atoms with van der Waals surface area (Å²) in [5, 5.41) is 5.59. The van der Waals surface area contributed by atoms with Crippen LogP contribution in [0.2, 0.25) is 0 Å². The van der Waals surface area contributed by atoms with Gasteiger partial charge in [-0.05, 0) is 6.42 Å². The summed E-state index contributed by atoms with van der Waals surface area (Å²) in [4.78, 5) is 24.3. The van der Waals surface area contributed by atoms with Crippen LogP contribution in [0.25, 0.3) is 0 Å². The zero-order valence-corrected chi connectivity index (χ0v) is 11.4. The van der Waals surface area contributed by atoms with E-state index in [0.29, 0.717) is 19.8 Å². The van der Waals surface area contributed by atoms with E-state index in [1.165, 1.54) is 0 Å². The minimum absolute atomic E-state index is 0.00802. The summed E-state index contributed by atoms with van der Waals surface area (Å²) in [7, 11) is 0. The van der Waals surface area contributed by atoms with Gasteiger partial charge in [-0.15, -0.1) is 0 Å². The van der Waals surface area contributed by atoms with Gasteiger partial charge >= 0.3 is 6.18 Å². The summed E-state index contributed by atoms with van der Waals surface area (Å²) in [5.74, 6) is -1.03. The maximum atomic E-state index is 12.3. The quantitative estimate of drug-likeness (QED) is 0.744. The molecule has 2 unspecified atom stereocenters. The third-order valence-electron chi connectivity index (χ3n) is 3.43. The summed E-state index contributed by atoms with van der Waals surface area (Å²) >= 11 is 0. The van der Waals surface area contributed by atoms with Gasteiger partial charge in [-0.3, -0.25) is 9.59 Å². The maximum absolute atomic E-state index is 12.3. The Labute approximate surface area is 120 Å². The molecule has 2 N–H and O–H groups in total. The highest BCUT2D eigenvalue weighted by Gasteiger charge is 2.39. The van der Waals surface area contributed by atoms with Gasteiger partial charge in [0.15, 0.2) is 0 Å². The van der Waals surface area contributed by atoms with Crippen molar-refractivity contribution >= 4 is 11.8 Å². The van der Waals surface area contributed by atoms with Crippen molar-refractivity contribution in [1.29, 1.82) is 0 Å². The van der Waals surface area contributed by atoms with Crippen LogP contribution in [0.3, 0.4) is 0 Å². The second-order valence-electron chi connectivity index (χ2n) is 5.21. The van der Waals surface area contributed by atoms with Gasteiger partial charge in [-0.2, -0.15) is 13.2 Å². The van der Waals surface area contributed by atoms with E-state index in [1.54, 1.807) is 0 Å². The molecule has 0 aromatic rings. The molecule has 2 fully saturated rings. The van der Waals surface area contributed by atoms with Crippen LogP contribution in [-0.2, 0) is 14.3 Å². The zero-order valence-electron chi connectivity index (χ0n) is 11.4. The lowest BCUT2D eigenvalue weighted by Crippen LogP contribution is -2.47. The van der Waals surface area contributed by atoms with Gasteiger partial charge in [0.1, 0.15) is 12.6 Å². The number of hydrogen-bond acceptors (Lipinski definition) is 4. The first-order chi connectivity index (χ1) is 9.85. The molecule has 0 aromatic carbocycles. The Bertz CT molecular complexity index is 397. The molecule has 120 valence electrons. The number of alkyl halides is 3. The van der Waals surface area contributed by atoms with E-state index in [9.17, 15) is 22.8 Å². The Balaban J connectivity index is 1.78. The highest BCUT2D eigenvalue weighted by atomic mass is 19.4. The van der Waals surface area contributed by atoms with Crippen molar-refractivity contribution in [2.75, 3.05) is 32.8 Å². The van der Waals surface area contributed by atoms with Crippen molar-refractivity contribution < 1.29 is 27.5 Å². The molecule has 2 amide bonds. The van der Waals surface area contributed by atoms with Crippen LogP contribution in [0.1, 0.15) is 12.8 Å². The molecule has 6 nitrogen and oxygen atoms in total. The fourth-order valence-corrected chi connectivity index (χ4v) is 2.47. The fraction of sp³-hybridized carbons (Fsp3) is 0.833. The molecule has 2 aliphatic rings. The van der Waals surface area contributed by atoms with Crippen LogP contribution in [0.4, 0.5) is 13.2 Å². The third kappa shape index (κ3) is 4.85. The second kappa shape index (κ2) is 6.61. The molecule has 2 aliphatic heterocycles. The molecule has 0 radical (unpaired) electrons. The molecule has 21 heavy (non-hydrogen) atoms. The van der Waals surface area contributed by atoms with Crippen LogP contribution in [0, 0.1) is 0 Å². The third-order valence-corrected chi connectivity index (χ3v) is 3.43. The number of nitrogens with one attached hydrogen (secondary N) is 2. The second-order valence-corrected chi connectivity index (χ2v) is 5.21. The van der Waals surface area contributed by atoms with Gasteiger partial charge in [-0.1, -0.05) is 0 Å². The molecule has 2 rings (SSSR count). The number of hydrogen-bond donors (Lipinski definition) is 2. The van der Waals surface area contributed by atoms with Crippen LogP contribution < -0.4 is 10.6 Å². The Hall–Kier alpha value is -1.35. The van der Waals surface area contributed by atoms with Crippen molar-refractivity contribution in [1.82, 2.24) is 15.5 Å². The Morgan fingerprint density at radius 1 is 1.48 bits per heavy atom. The highest BCUT2D eigenvalue weighted by molar-refractivity contribution is 5.89. The number of likely N-dealkylation sites (tertiary alicyclic amines) is 1. The number of amides is 2. The fourth-order valence-electron chi connectivity index (χ4n) is 2.47. The van der Waals surface area contributed by atoms with Gasteiger partial charge in [0.2, 0.25) is 11.8 Å². The van der Waals surface area contributed by atoms with Crippen molar-refractivity contribution in [2.45, 2.75) is 31.1 Å². The average Bonchev–Trinajstić information content (AvgIpc) is 2.71. The molecule has 0 aliphatic carbocycles. The van der Waals surface area contributed by atoms with Crippen LogP contribution in [-0.4, -0.2) is 67.8 Å². The minimum atomic E-state index is -4.42.